The van der Waals surface area contributed by atoms with Crippen LogP contribution in [-0.4, -0.2) is 16.5 Å². The third-order valence-corrected chi connectivity index (χ3v) is 1.21. The molecule has 4 nitrogen and oxygen atoms in total. The maximum Gasteiger partial charge on any atom is 0.534 e. The molecule has 0 unspecified atom stereocenters. The van der Waals surface area contributed by atoms with Crippen LogP contribution in [0.1, 0.15) is 5.82 Å². The molecule has 0 saturated carbocycles. The van der Waals surface area contributed by atoms with Gasteiger partial charge in [0.15, 0.2) is 5.82 Å². The Kier molecular flexibility index (Phi) is 2.58. The number of aromatic nitrogens is 2. The fourth-order valence-electron chi connectivity index (χ4n) is 0.337. The van der Waals surface area contributed by atoms with Crippen LogP contribution in [0.25, 0.3) is 0 Å². The van der Waals surface area contributed by atoms with Gasteiger partial charge in [-0.15, -0.1) is 13.2 Å². The van der Waals surface area contributed by atoms with Crippen molar-refractivity contribution in [2.24, 2.45) is 0 Å². The predicted octanol–water partition coefficient (Wildman–Crippen LogP) is 1.67. The molecule has 0 aliphatic heterocycles. The molecule has 1 heterocycles. The zero-order valence-electron chi connectivity index (χ0n) is 5.33. The van der Waals surface area contributed by atoms with Crippen molar-refractivity contribution >= 4 is 12.0 Å². The molecule has 0 fully saturated rings. The van der Waals surface area contributed by atoms with Gasteiger partial charge < -0.3 is 4.52 Å². The summed E-state index contributed by atoms with van der Waals surface area (Å²) in [6, 6.07) is 0. The number of hydrogen-bond donors (Lipinski definition) is 0. The zero-order chi connectivity index (χ0) is 9.19. The molecule has 0 aliphatic carbocycles. The van der Waals surface area contributed by atoms with E-state index in [4.69, 9.17) is 6.92 Å². The van der Waals surface area contributed by atoms with E-state index in [1.54, 1.807) is 0 Å². The summed E-state index contributed by atoms with van der Waals surface area (Å²) < 4.78 is 41.7. The summed E-state index contributed by atoms with van der Waals surface area (Å²) in [6.45, 7) is 4.95. The molecule has 2 radical (unpaired) electrons. The van der Waals surface area contributed by atoms with Crippen LogP contribution in [0, 0.1) is 6.92 Å². The van der Waals surface area contributed by atoms with Gasteiger partial charge in [0, 0.05) is 6.92 Å². The Morgan fingerprint density at radius 1 is 1.50 bits per heavy atom. The minimum absolute atomic E-state index is 0.0971. The lowest BCUT2D eigenvalue weighted by Crippen LogP contribution is -2.07. The largest absolute Gasteiger partial charge is 0.534 e. The van der Waals surface area contributed by atoms with Crippen LogP contribution in [-0.2, 0) is 4.18 Å². The highest BCUT2D eigenvalue weighted by Gasteiger charge is 2.31. The number of hydrogen-bond acceptors (Lipinski definition) is 5. The van der Waals surface area contributed by atoms with Crippen LogP contribution < -0.4 is 0 Å². The Morgan fingerprint density at radius 2 is 2.17 bits per heavy atom. The molecule has 0 amide bonds. The van der Waals surface area contributed by atoms with Crippen molar-refractivity contribution in [2.75, 3.05) is 0 Å². The van der Waals surface area contributed by atoms with E-state index in [1.165, 1.54) is 0 Å². The first-order chi connectivity index (χ1) is 5.47. The Labute approximate surface area is 69.3 Å². The minimum atomic E-state index is -4.74. The first-order valence-electron chi connectivity index (χ1n) is 2.49. The molecule has 0 N–H and O–H groups in total. The Hall–Kier alpha value is -0.760. The van der Waals surface area contributed by atoms with E-state index in [2.05, 4.69) is 18.8 Å². The summed E-state index contributed by atoms with van der Waals surface area (Å²) in [7, 11) is 0. The summed E-state index contributed by atoms with van der Waals surface area (Å²) in [5.74, 6) is -0.247. The molecule has 66 valence electrons. The van der Waals surface area contributed by atoms with Gasteiger partial charge in [0.05, 0.1) is 0 Å². The molecule has 0 atom stereocenters. The van der Waals surface area contributed by atoms with Gasteiger partial charge in [-0.05, 0) is 0 Å². The van der Waals surface area contributed by atoms with Gasteiger partial charge in [-0.3, -0.25) is 0 Å². The second kappa shape index (κ2) is 3.31. The van der Waals surface area contributed by atoms with Crippen molar-refractivity contribution in [3.05, 3.63) is 12.7 Å². The molecule has 12 heavy (non-hydrogen) atoms. The fourth-order valence-corrected chi connectivity index (χ4v) is 0.701. The van der Waals surface area contributed by atoms with Gasteiger partial charge in [-0.2, -0.15) is 4.98 Å². The average Bonchev–Trinajstić information content (AvgIpc) is 2.30. The van der Waals surface area contributed by atoms with Gasteiger partial charge >= 0.3 is 11.6 Å². The van der Waals surface area contributed by atoms with E-state index < -0.39 is 11.6 Å². The highest BCUT2D eigenvalue weighted by atomic mass is 32.2. The highest BCUT2D eigenvalue weighted by Crippen LogP contribution is 2.27. The second-order valence-electron chi connectivity index (χ2n) is 1.53. The normalized spacial score (nSPS) is 12.0. The molecule has 1 aromatic heterocycles. The lowest BCUT2D eigenvalue weighted by Gasteiger charge is -2.00. The predicted molar refractivity (Wildman–Crippen MR) is 30.7 cm³/mol. The second-order valence-corrected chi connectivity index (χ2v) is 2.21. The number of alkyl halides is 3. The van der Waals surface area contributed by atoms with Crippen LogP contribution in [0.15, 0.2) is 9.75 Å². The SMILES string of the molecule is [CH]c1noc(SOC(F)(F)F)n1. The fraction of sp³-hybridized carbons (Fsp3) is 0.250. The van der Waals surface area contributed by atoms with Crippen LogP contribution in [0.4, 0.5) is 13.2 Å². The quantitative estimate of drug-likeness (QED) is 0.676. The van der Waals surface area contributed by atoms with Crippen LogP contribution >= 0.6 is 12.0 Å². The van der Waals surface area contributed by atoms with E-state index in [1.807, 2.05) is 0 Å². The maximum atomic E-state index is 11.4. The lowest BCUT2D eigenvalue weighted by atomic mass is 10.8. The molecule has 0 bridgehead atoms. The smallest absolute Gasteiger partial charge is 0.325 e. The third-order valence-electron chi connectivity index (χ3n) is 0.631. The molecular formula is C4HF3N2O2S. The van der Waals surface area contributed by atoms with Gasteiger partial charge in [0.25, 0.3) is 0 Å². The molecule has 1 aromatic rings. The summed E-state index contributed by atoms with van der Waals surface area (Å²) in [5.41, 5.74) is 0. The van der Waals surface area contributed by atoms with Crippen molar-refractivity contribution in [1.29, 1.82) is 0 Å². The van der Waals surface area contributed by atoms with Crippen LogP contribution in [0.3, 0.4) is 0 Å². The number of nitrogens with zero attached hydrogens (tertiary/aromatic N) is 2. The van der Waals surface area contributed by atoms with Crippen LogP contribution in [0.2, 0.25) is 0 Å². The van der Waals surface area contributed by atoms with Crippen molar-refractivity contribution in [2.45, 2.75) is 11.6 Å². The summed E-state index contributed by atoms with van der Waals surface area (Å²) in [6.07, 6.45) is -4.74. The maximum absolute atomic E-state index is 11.4. The van der Waals surface area contributed by atoms with Gasteiger partial charge in [0.1, 0.15) is 12.0 Å². The molecule has 0 spiro atoms. The first kappa shape index (κ1) is 9.33. The monoisotopic (exact) mass is 198 g/mol. The van der Waals surface area contributed by atoms with Gasteiger partial charge in [-0.1, -0.05) is 5.16 Å². The van der Waals surface area contributed by atoms with E-state index in [0.717, 1.165) is 0 Å². The van der Waals surface area contributed by atoms with Gasteiger partial charge in [0.2, 0.25) is 0 Å². The topological polar surface area (TPSA) is 48.2 Å². The van der Waals surface area contributed by atoms with E-state index in [-0.39, 0.29) is 17.9 Å². The lowest BCUT2D eigenvalue weighted by molar-refractivity contribution is -0.267. The molecule has 8 heteroatoms. The van der Waals surface area contributed by atoms with Crippen molar-refractivity contribution in [3.63, 3.8) is 0 Å². The Bertz CT molecular complexity index is 261. The van der Waals surface area contributed by atoms with E-state index >= 15 is 0 Å². The Balaban J connectivity index is 2.44. The molecular weight excluding hydrogens is 197 g/mol. The van der Waals surface area contributed by atoms with E-state index in [0.29, 0.717) is 0 Å². The average molecular weight is 198 g/mol. The molecule has 1 rings (SSSR count). The molecule has 0 aliphatic rings. The first-order valence-corrected chi connectivity index (χ1v) is 3.23. The van der Waals surface area contributed by atoms with E-state index in [9.17, 15) is 13.2 Å². The molecule has 0 aromatic carbocycles. The van der Waals surface area contributed by atoms with Crippen LogP contribution in [0.5, 0.6) is 0 Å². The zero-order valence-corrected chi connectivity index (χ0v) is 6.15. The van der Waals surface area contributed by atoms with Crippen molar-refractivity contribution in [3.8, 4) is 0 Å². The minimum Gasteiger partial charge on any atom is -0.325 e. The third kappa shape index (κ3) is 3.09. The van der Waals surface area contributed by atoms with Crippen molar-refractivity contribution < 1.29 is 21.9 Å². The summed E-state index contributed by atoms with van der Waals surface area (Å²) in [4.78, 5) is 3.25. The van der Waals surface area contributed by atoms with Crippen molar-refractivity contribution in [1.82, 2.24) is 10.1 Å². The van der Waals surface area contributed by atoms with Gasteiger partial charge in [-0.25, -0.2) is 4.18 Å². The standard InChI is InChI=1S/C4HF3N2O2S/c1-2-8-3(10-9-2)12-11-4(5,6)7/h1H. The molecule has 0 saturated heterocycles. The number of halogens is 3. The summed E-state index contributed by atoms with van der Waals surface area (Å²) in [5, 5.41) is 2.64. The summed E-state index contributed by atoms with van der Waals surface area (Å²) >= 11 is -0.0971. The Morgan fingerprint density at radius 3 is 2.58 bits per heavy atom. The highest BCUT2D eigenvalue weighted by molar-refractivity contribution is 7.94. The number of rotatable bonds is 2.